The first-order chi connectivity index (χ1) is 21.8. The third-order valence-electron chi connectivity index (χ3n) is 9.43. The van der Waals surface area contributed by atoms with Gasteiger partial charge in [-0.25, -0.2) is 4.79 Å². The Bertz CT molecular complexity index is 1680. The van der Waals surface area contributed by atoms with Crippen molar-refractivity contribution in [2.75, 3.05) is 0 Å². The molecule has 0 spiro atoms. The molecule has 0 radical (unpaired) electrons. The number of hydrogen-bond donors (Lipinski definition) is 1. The molecule has 4 rings (SSSR count). The first-order valence-electron chi connectivity index (χ1n) is 15.8. The van der Waals surface area contributed by atoms with Gasteiger partial charge in [-0.2, -0.15) is 0 Å². The lowest BCUT2D eigenvalue weighted by Gasteiger charge is -2.40. The maximum Gasteiger partial charge on any atom is 0.377 e. The number of carbonyl (C=O) groups is 2. The summed E-state index contributed by atoms with van der Waals surface area (Å²) in [6, 6.07) is 18.3. The minimum atomic E-state index is -2.28. The van der Waals surface area contributed by atoms with Crippen LogP contribution in [0.1, 0.15) is 75.5 Å². The van der Waals surface area contributed by atoms with E-state index in [9.17, 15) is 9.59 Å². The third kappa shape index (κ3) is 8.60. The summed E-state index contributed by atoms with van der Waals surface area (Å²) in [6.45, 7) is 21.7. The Morgan fingerprint density at radius 1 is 0.766 bits per heavy atom. The fourth-order valence-electron chi connectivity index (χ4n) is 4.47. The summed E-state index contributed by atoms with van der Waals surface area (Å²) in [7, 11) is -4.23. The van der Waals surface area contributed by atoms with E-state index in [1.807, 2.05) is 55.5 Å². The molecule has 2 aromatic carbocycles. The standard InChI is InChI=1S/C35H47N3O7Si2/c1-23(41-33(40)31-22-29(38-43-31)25-11-15-26(16-12-25)44-46(7,8)34(2,3)4)19-20-35(5,6)47(9,10)45-27-17-13-24(14-18-27)28-21-30(32(36)39)42-37-28/h11-18,21-23H,19-20H2,1-10H3,(H2,36,39). The van der Waals surface area contributed by atoms with Gasteiger partial charge in [-0.3, -0.25) is 4.79 Å². The van der Waals surface area contributed by atoms with Crippen molar-refractivity contribution in [3.05, 3.63) is 72.2 Å². The van der Waals surface area contributed by atoms with E-state index < -0.39 is 28.5 Å². The van der Waals surface area contributed by atoms with Gasteiger partial charge in [0.15, 0.2) is 0 Å². The van der Waals surface area contributed by atoms with Gasteiger partial charge in [-0.15, -0.1) is 0 Å². The van der Waals surface area contributed by atoms with E-state index >= 15 is 0 Å². The molecule has 2 heterocycles. The summed E-state index contributed by atoms with van der Waals surface area (Å²) in [5.74, 6) is 0.421. The second-order valence-electron chi connectivity index (χ2n) is 14.7. The van der Waals surface area contributed by atoms with Crippen molar-refractivity contribution in [2.24, 2.45) is 5.73 Å². The number of benzene rings is 2. The summed E-state index contributed by atoms with van der Waals surface area (Å²) in [6.07, 6.45) is 1.11. The van der Waals surface area contributed by atoms with Crippen molar-refractivity contribution in [1.29, 1.82) is 0 Å². The van der Waals surface area contributed by atoms with Crippen molar-refractivity contribution < 1.29 is 32.2 Å². The van der Waals surface area contributed by atoms with E-state index in [4.69, 9.17) is 28.4 Å². The molecule has 0 aliphatic rings. The van der Waals surface area contributed by atoms with Crippen LogP contribution >= 0.6 is 0 Å². The second-order valence-corrected chi connectivity index (χ2v) is 24.0. The molecule has 1 amide bonds. The molecule has 2 aromatic heterocycles. The quantitative estimate of drug-likeness (QED) is 0.108. The molecule has 0 aliphatic heterocycles. The highest BCUT2D eigenvalue weighted by Gasteiger charge is 2.43. The fraction of sp³-hybridized carbons (Fsp3) is 0.429. The monoisotopic (exact) mass is 677 g/mol. The van der Waals surface area contributed by atoms with Crippen LogP contribution in [0.25, 0.3) is 22.5 Å². The SMILES string of the molecule is CC(CCC(C)(C)[Si](C)(C)Oc1ccc(-c2cc(C(N)=O)on2)cc1)OC(=O)c1cc(-c2ccc(O[Si](C)(C)C(C)(C)C)cc2)no1. The van der Waals surface area contributed by atoms with Gasteiger partial charge in [0.1, 0.15) is 22.9 Å². The lowest BCUT2D eigenvalue weighted by molar-refractivity contribution is 0.0268. The largest absolute Gasteiger partial charge is 0.544 e. The number of esters is 1. The Balaban J connectivity index is 1.30. The fourth-order valence-corrected chi connectivity index (χ4v) is 7.25. The van der Waals surface area contributed by atoms with Crippen molar-refractivity contribution in [2.45, 2.75) is 96.8 Å². The Hall–Kier alpha value is -4.17. The maximum absolute atomic E-state index is 12.9. The molecule has 1 unspecified atom stereocenters. The summed E-state index contributed by atoms with van der Waals surface area (Å²) in [4.78, 5) is 24.2. The predicted molar refractivity (Wildman–Crippen MR) is 186 cm³/mol. The van der Waals surface area contributed by atoms with E-state index in [0.717, 1.165) is 29.0 Å². The number of ether oxygens (including phenoxy) is 1. The van der Waals surface area contributed by atoms with Crippen LogP contribution in [0, 0.1) is 0 Å². The molecule has 47 heavy (non-hydrogen) atoms. The van der Waals surface area contributed by atoms with Crippen molar-refractivity contribution in [1.82, 2.24) is 10.3 Å². The predicted octanol–water partition coefficient (Wildman–Crippen LogP) is 8.87. The van der Waals surface area contributed by atoms with Gasteiger partial charge in [0, 0.05) is 23.3 Å². The highest BCUT2D eigenvalue weighted by molar-refractivity contribution is 6.75. The first kappa shape index (κ1) is 35.7. The summed E-state index contributed by atoms with van der Waals surface area (Å²) in [5.41, 5.74) is 7.94. The zero-order valence-corrected chi connectivity index (χ0v) is 31.1. The number of rotatable bonds is 13. The first-order valence-corrected chi connectivity index (χ1v) is 21.6. The lowest BCUT2D eigenvalue weighted by atomic mass is 10.0. The number of nitrogens with two attached hydrogens (primary N) is 1. The maximum atomic E-state index is 12.9. The average Bonchev–Trinajstić information content (AvgIpc) is 3.67. The van der Waals surface area contributed by atoms with E-state index in [2.05, 4.69) is 71.1 Å². The summed E-state index contributed by atoms with van der Waals surface area (Å²) >= 11 is 0. The highest BCUT2D eigenvalue weighted by atomic mass is 28.4. The molecule has 0 saturated heterocycles. The lowest BCUT2D eigenvalue weighted by Crippen LogP contribution is -2.45. The smallest absolute Gasteiger partial charge is 0.377 e. The minimum absolute atomic E-state index is 0.00933. The van der Waals surface area contributed by atoms with Crippen LogP contribution in [-0.4, -0.2) is 44.9 Å². The zero-order chi connectivity index (χ0) is 34.8. The van der Waals surface area contributed by atoms with Gasteiger partial charge in [0.05, 0.1) is 6.10 Å². The average molecular weight is 678 g/mol. The molecule has 10 nitrogen and oxygen atoms in total. The van der Waals surface area contributed by atoms with Crippen molar-refractivity contribution in [3.63, 3.8) is 0 Å². The Labute approximate surface area is 279 Å². The van der Waals surface area contributed by atoms with Gasteiger partial charge >= 0.3 is 5.97 Å². The number of nitrogens with zero attached hydrogens (tertiary/aromatic N) is 2. The molecule has 0 aliphatic carbocycles. The van der Waals surface area contributed by atoms with E-state index in [1.165, 1.54) is 6.07 Å². The Kier molecular flexibility index (Phi) is 10.3. The minimum Gasteiger partial charge on any atom is -0.544 e. The van der Waals surface area contributed by atoms with Crippen LogP contribution in [0.5, 0.6) is 11.5 Å². The third-order valence-corrected chi connectivity index (χ3v) is 18.0. The molecular formula is C35H47N3O7Si2. The van der Waals surface area contributed by atoms with Crippen LogP contribution < -0.4 is 14.6 Å². The van der Waals surface area contributed by atoms with Crippen molar-refractivity contribution in [3.8, 4) is 34.0 Å². The van der Waals surface area contributed by atoms with E-state index in [1.54, 1.807) is 6.07 Å². The van der Waals surface area contributed by atoms with E-state index in [0.29, 0.717) is 17.8 Å². The van der Waals surface area contributed by atoms with Gasteiger partial charge in [-0.1, -0.05) is 44.9 Å². The van der Waals surface area contributed by atoms with Crippen LogP contribution in [0.3, 0.4) is 0 Å². The van der Waals surface area contributed by atoms with Crippen molar-refractivity contribution >= 4 is 28.5 Å². The van der Waals surface area contributed by atoms with E-state index in [-0.39, 0.29) is 27.7 Å². The molecular weight excluding hydrogens is 631 g/mol. The van der Waals surface area contributed by atoms with Gasteiger partial charge in [0.25, 0.3) is 14.2 Å². The second kappa shape index (κ2) is 13.5. The number of aromatic nitrogens is 2. The number of primary amides is 1. The van der Waals surface area contributed by atoms with Crippen LogP contribution in [-0.2, 0) is 4.74 Å². The van der Waals surface area contributed by atoms with Gasteiger partial charge < -0.3 is 28.4 Å². The highest BCUT2D eigenvalue weighted by Crippen LogP contribution is 2.43. The molecule has 252 valence electrons. The molecule has 0 fully saturated rings. The number of amides is 1. The number of hydrogen-bond acceptors (Lipinski definition) is 9. The molecule has 12 heteroatoms. The molecule has 2 N–H and O–H groups in total. The zero-order valence-electron chi connectivity index (χ0n) is 29.1. The molecule has 1 atom stereocenters. The van der Waals surface area contributed by atoms with Gasteiger partial charge in [-0.05, 0) is 105 Å². The Morgan fingerprint density at radius 3 is 1.66 bits per heavy atom. The van der Waals surface area contributed by atoms with Crippen LogP contribution in [0.2, 0.25) is 36.3 Å². The van der Waals surface area contributed by atoms with Gasteiger partial charge in [0.2, 0.25) is 19.8 Å². The number of carbonyl (C=O) groups excluding carboxylic acids is 2. The summed E-state index contributed by atoms with van der Waals surface area (Å²) < 4.78 is 29.0. The molecule has 4 aromatic rings. The Morgan fingerprint density at radius 2 is 1.21 bits per heavy atom. The molecule has 0 saturated carbocycles. The molecule has 0 bridgehead atoms. The van der Waals surface area contributed by atoms with Crippen LogP contribution in [0.15, 0.2) is 69.7 Å². The topological polar surface area (TPSA) is 140 Å². The van der Waals surface area contributed by atoms with Crippen LogP contribution in [0.4, 0.5) is 0 Å². The summed E-state index contributed by atoms with van der Waals surface area (Å²) in [5, 5.41) is 7.96. The normalized spacial score (nSPS) is 13.2.